The van der Waals surface area contributed by atoms with E-state index in [1.165, 1.54) is 64.2 Å². The molecule has 0 spiro atoms. The Balaban J connectivity index is 1.49. The van der Waals surface area contributed by atoms with E-state index < -0.39 is 0 Å². The van der Waals surface area contributed by atoms with Crippen LogP contribution >= 0.6 is 0 Å². The minimum Gasteiger partial charge on any atom is -0.357 e. The highest BCUT2D eigenvalue weighted by Crippen LogP contribution is 2.45. The summed E-state index contributed by atoms with van der Waals surface area (Å²) in [5.41, 5.74) is 7.14. The van der Waals surface area contributed by atoms with Gasteiger partial charge in [0.1, 0.15) is 0 Å². The number of fused-ring (bicyclic) bond motifs is 6. The quantitative estimate of drug-likeness (QED) is 0.406. The van der Waals surface area contributed by atoms with Crippen LogP contribution in [0.4, 0.5) is 0 Å². The lowest BCUT2D eigenvalue weighted by Crippen LogP contribution is -2.44. The monoisotopic (exact) mass is 380 g/mol. The van der Waals surface area contributed by atoms with Crippen LogP contribution in [0.3, 0.4) is 0 Å². The summed E-state index contributed by atoms with van der Waals surface area (Å²) in [6.45, 7) is 2.21. The van der Waals surface area contributed by atoms with Crippen molar-refractivity contribution in [2.45, 2.75) is 57.0 Å². The van der Waals surface area contributed by atoms with Gasteiger partial charge in [-0.05, 0) is 60.2 Å². The SMILES string of the molecule is Cc1ccc2[nH]c3c(c2c1)[C@@H]1CCCC[C@H]1N[C@H]3Cc1cccc2ccccc12. The molecule has 4 aromatic rings. The number of hydrogen-bond acceptors (Lipinski definition) is 1. The lowest BCUT2D eigenvalue weighted by Gasteiger charge is -2.41. The number of hydrogen-bond donors (Lipinski definition) is 2. The van der Waals surface area contributed by atoms with E-state index >= 15 is 0 Å². The summed E-state index contributed by atoms with van der Waals surface area (Å²) in [6.07, 6.45) is 6.35. The van der Waals surface area contributed by atoms with E-state index in [0.717, 1.165) is 6.42 Å². The molecule has 6 rings (SSSR count). The van der Waals surface area contributed by atoms with E-state index in [4.69, 9.17) is 0 Å². The summed E-state index contributed by atoms with van der Waals surface area (Å²) in [6, 6.07) is 23.4. The molecule has 1 aromatic heterocycles. The molecule has 3 aromatic carbocycles. The van der Waals surface area contributed by atoms with Crippen LogP contribution in [0.2, 0.25) is 0 Å². The molecule has 1 saturated carbocycles. The van der Waals surface area contributed by atoms with E-state index in [1.807, 2.05) is 0 Å². The summed E-state index contributed by atoms with van der Waals surface area (Å²) in [5, 5.41) is 8.25. The predicted molar refractivity (Wildman–Crippen MR) is 122 cm³/mol. The topological polar surface area (TPSA) is 27.8 Å². The molecular formula is C27H28N2. The van der Waals surface area contributed by atoms with Crippen LogP contribution in [0.1, 0.15) is 60.0 Å². The Morgan fingerprint density at radius 2 is 1.76 bits per heavy atom. The summed E-state index contributed by atoms with van der Waals surface area (Å²) in [5.74, 6) is 0.651. The van der Waals surface area contributed by atoms with Gasteiger partial charge < -0.3 is 10.3 Å². The van der Waals surface area contributed by atoms with Crippen molar-refractivity contribution in [3.8, 4) is 0 Å². The van der Waals surface area contributed by atoms with Crippen molar-refractivity contribution in [3.63, 3.8) is 0 Å². The fourth-order valence-corrected chi connectivity index (χ4v) is 5.89. The van der Waals surface area contributed by atoms with E-state index in [9.17, 15) is 0 Å². The average molecular weight is 381 g/mol. The second-order valence-corrected chi connectivity index (χ2v) is 9.06. The molecule has 2 heterocycles. The summed E-state index contributed by atoms with van der Waals surface area (Å²) in [7, 11) is 0. The van der Waals surface area contributed by atoms with Crippen LogP contribution in [0.5, 0.6) is 0 Å². The highest BCUT2D eigenvalue weighted by atomic mass is 15.0. The highest BCUT2D eigenvalue weighted by Gasteiger charge is 2.38. The molecule has 1 fully saturated rings. The van der Waals surface area contributed by atoms with Crippen LogP contribution in [-0.4, -0.2) is 11.0 Å². The van der Waals surface area contributed by atoms with Crippen LogP contribution in [-0.2, 0) is 6.42 Å². The normalized spacial score (nSPS) is 23.8. The van der Waals surface area contributed by atoms with Crippen molar-refractivity contribution in [1.29, 1.82) is 0 Å². The summed E-state index contributed by atoms with van der Waals surface area (Å²) in [4.78, 5) is 3.83. The molecule has 3 atom stereocenters. The fraction of sp³-hybridized carbons (Fsp3) is 0.333. The number of benzene rings is 3. The Morgan fingerprint density at radius 1 is 0.897 bits per heavy atom. The van der Waals surface area contributed by atoms with Gasteiger partial charge in [-0.1, -0.05) is 66.9 Å². The van der Waals surface area contributed by atoms with Crippen LogP contribution in [0.25, 0.3) is 21.7 Å². The molecule has 146 valence electrons. The Morgan fingerprint density at radius 3 is 2.72 bits per heavy atom. The van der Waals surface area contributed by atoms with E-state index in [2.05, 4.69) is 77.9 Å². The minimum atomic E-state index is 0.350. The smallest absolute Gasteiger partial charge is 0.0519 e. The molecule has 0 unspecified atom stereocenters. The van der Waals surface area contributed by atoms with Crippen molar-refractivity contribution < 1.29 is 0 Å². The zero-order chi connectivity index (χ0) is 19.4. The van der Waals surface area contributed by atoms with Gasteiger partial charge in [-0.3, -0.25) is 0 Å². The molecule has 0 radical (unpaired) electrons. The number of aromatic amines is 1. The van der Waals surface area contributed by atoms with Crippen molar-refractivity contribution in [2.24, 2.45) is 0 Å². The molecule has 2 N–H and O–H groups in total. The van der Waals surface area contributed by atoms with Gasteiger partial charge >= 0.3 is 0 Å². The number of nitrogens with one attached hydrogen (secondary N) is 2. The standard InChI is InChI=1S/C27H28N2/c1-17-13-14-24-22(15-17)26-21-11-4-5-12-23(21)28-25(27(26)29-24)16-19-9-6-8-18-7-2-3-10-20(18)19/h2-3,6-10,13-15,21,23,25,28-29H,4-5,11-12,16H2,1H3/t21-,23-,25+/m1/s1. The first-order valence-electron chi connectivity index (χ1n) is 11.1. The lowest BCUT2D eigenvalue weighted by molar-refractivity contribution is 0.275. The van der Waals surface area contributed by atoms with Gasteiger partial charge in [-0.2, -0.15) is 0 Å². The number of aromatic nitrogens is 1. The number of aryl methyl sites for hydroxylation is 1. The van der Waals surface area contributed by atoms with Gasteiger partial charge in [0.25, 0.3) is 0 Å². The fourth-order valence-electron chi connectivity index (χ4n) is 5.89. The van der Waals surface area contributed by atoms with Crippen molar-refractivity contribution in [3.05, 3.63) is 83.0 Å². The first-order chi connectivity index (χ1) is 14.3. The molecule has 0 amide bonds. The van der Waals surface area contributed by atoms with Gasteiger partial charge in [0, 0.05) is 28.6 Å². The summed E-state index contributed by atoms with van der Waals surface area (Å²) < 4.78 is 0. The zero-order valence-electron chi connectivity index (χ0n) is 17.0. The lowest BCUT2D eigenvalue weighted by atomic mass is 9.74. The molecule has 29 heavy (non-hydrogen) atoms. The van der Waals surface area contributed by atoms with Crippen LogP contribution < -0.4 is 5.32 Å². The maximum atomic E-state index is 4.07. The van der Waals surface area contributed by atoms with Gasteiger partial charge in [-0.25, -0.2) is 0 Å². The Labute approximate surface area is 172 Å². The third-order valence-electron chi connectivity index (χ3n) is 7.23. The van der Waals surface area contributed by atoms with Crippen LogP contribution in [0, 0.1) is 6.92 Å². The third-order valence-corrected chi connectivity index (χ3v) is 7.23. The number of H-pyrrole nitrogens is 1. The Bertz CT molecular complexity index is 1200. The van der Waals surface area contributed by atoms with Crippen molar-refractivity contribution >= 4 is 21.7 Å². The van der Waals surface area contributed by atoms with Crippen molar-refractivity contribution in [1.82, 2.24) is 10.3 Å². The van der Waals surface area contributed by atoms with Gasteiger partial charge in [0.15, 0.2) is 0 Å². The third kappa shape index (κ3) is 2.81. The second kappa shape index (κ2) is 6.74. The molecular weight excluding hydrogens is 352 g/mol. The minimum absolute atomic E-state index is 0.350. The van der Waals surface area contributed by atoms with E-state index in [-0.39, 0.29) is 0 Å². The first kappa shape index (κ1) is 17.3. The van der Waals surface area contributed by atoms with Crippen molar-refractivity contribution in [2.75, 3.05) is 0 Å². The van der Waals surface area contributed by atoms with Crippen LogP contribution in [0.15, 0.2) is 60.7 Å². The summed E-state index contributed by atoms with van der Waals surface area (Å²) >= 11 is 0. The molecule has 1 aliphatic carbocycles. The van der Waals surface area contributed by atoms with Gasteiger partial charge in [0.05, 0.1) is 6.04 Å². The zero-order valence-corrected chi connectivity index (χ0v) is 17.0. The maximum absolute atomic E-state index is 4.07. The van der Waals surface area contributed by atoms with E-state index in [0.29, 0.717) is 18.0 Å². The van der Waals surface area contributed by atoms with Gasteiger partial charge in [-0.15, -0.1) is 0 Å². The molecule has 2 heteroatoms. The second-order valence-electron chi connectivity index (χ2n) is 9.06. The molecule has 2 nitrogen and oxygen atoms in total. The molecule has 2 aliphatic rings. The number of rotatable bonds is 2. The van der Waals surface area contributed by atoms with E-state index in [1.54, 1.807) is 5.56 Å². The molecule has 1 aliphatic heterocycles. The van der Waals surface area contributed by atoms with Gasteiger partial charge in [0.2, 0.25) is 0 Å². The maximum Gasteiger partial charge on any atom is 0.0519 e. The average Bonchev–Trinajstić information content (AvgIpc) is 3.13. The highest BCUT2D eigenvalue weighted by molar-refractivity contribution is 5.87. The Kier molecular flexibility index (Phi) is 4.02. The molecule has 0 saturated heterocycles. The molecule has 0 bridgehead atoms. The first-order valence-corrected chi connectivity index (χ1v) is 11.1. The largest absolute Gasteiger partial charge is 0.357 e. The Hall–Kier alpha value is -2.58. The predicted octanol–water partition coefficient (Wildman–Crippen LogP) is 6.54.